The van der Waals surface area contributed by atoms with Gasteiger partial charge in [-0.05, 0) is 91.6 Å². The summed E-state index contributed by atoms with van der Waals surface area (Å²) in [4.78, 5) is 12.9. The second kappa shape index (κ2) is 7.78. The van der Waals surface area contributed by atoms with Gasteiger partial charge in [0.15, 0.2) is 0 Å². The summed E-state index contributed by atoms with van der Waals surface area (Å²) >= 11 is 5.88. The number of nitrogens with one attached hydrogen (secondary N) is 1. The topological polar surface area (TPSA) is 66.5 Å². The van der Waals surface area contributed by atoms with Gasteiger partial charge in [-0.15, -0.1) is 0 Å². The molecule has 1 aliphatic rings. The van der Waals surface area contributed by atoms with Crippen LogP contribution in [0, 0.1) is 13.8 Å². The van der Waals surface area contributed by atoms with Crippen LogP contribution in [0.2, 0.25) is 5.02 Å². The van der Waals surface area contributed by atoms with E-state index < -0.39 is 10.0 Å². The predicted octanol–water partition coefficient (Wildman–Crippen LogP) is 4.96. The lowest BCUT2D eigenvalue weighted by Gasteiger charge is -2.20. The van der Waals surface area contributed by atoms with E-state index in [4.69, 9.17) is 11.6 Å². The largest absolute Gasteiger partial charge is 0.322 e. The van der Waals surface area contributed by atoms with Crippen molar-refractivity contribution in [2.45, 2.75) is 25.2 Å². The van der Waals surface area contributed by atoms with E-state index in [0.29, 0.717) is 29.2 Å². The summed E-state index contributed by atoms with van der Waals surface area (Å²) in [5.41, 5.74) is 4.82. The van der Waals surface area contributed by atoms with Gasteiger partial charge < -0.3 is 5.32 Å². The van der Waals surface area contributed by atoms with Gasteiger partial charge >= 0.3 is 0 Å². The lowest BCUT2D eigenvalue weighted by atomic mass is 10.1. The number of benzene rings is 3. The zero-order valence-corrected chi connectivity index (χ0v) is 18.2. The maximum absolute atomic E-state index is 13.0. The molecule has 0 spiro atoms. The molecule has 0 radical (unpaired) electrons. The zero-order valence-electron chi connectivity index (χ0n) is 16.6. The number of amides is 1. The summed E-state index contributed by atoms with van der Waals surface area (Å²) in [5.74, 6) is -0.221. The molecule has 1 aliphatic heterocycles. The van der Waals surface area contributed by atoms with Crippen molar-refractivity contribution in [2.24, 2.45) is 0 Å². The van der Waals surface area contributed by atoms with Gasteiger partial charge in [-0.3, -0.25) is 9.10 Å². The summed E-state index contributed by atoms with van der Waals surface area (Å²) in [7, 11) is -3.69. The van der Waals surface area contributed by atoms with Crippen LogP contribution in [-0.2, 0) is 16.4 Å². The highest BCUT2D eigenvalue weighted by atomic mass is 35.5. The van der Waals surface area contributed by atoms with Crippen LogP contribution in [0.5, 0.6) is 0 Å². The summed E-state index contributed by atoms with van der Waals surface area (Å²) in [6.45, 7) is 4.30. The van der Waals surface area contributed by atoms with Crippen LogP contribution in [0.15, 0.2) is 65.6 Å². The first-order valence-electron chi connectivity index (χ1n) is 9.55. The molecule has 0 fully saturated rings. The number of halogens is 1. The van der Waals surface area contributed by atoms with Crippen LogP contribution in [-0.4, -0.2) is 20.9 Å². The number of carbonyl (C=O) groups excluding carboxylic acids is 1. The zero-order chi connectivity index (χ0) is 21.5. The molecule has 30 heavy (non-hydrogen) atoms. The van der Waals surface area contributed by atoms with E-state index in [9.17, 15) is 13.2 Å². The van der Waals surface area contributed by atoms with Crippen LogP contribution in [0.25, 0.3) is 0 Å². The Labute approximate surface area is 181 Å². The first kappa shape index (κ1) is 20.4. The molecule has 3 aromatic rings. The van der Waals surface area contributed by atoms with Gasteiger partial charge in [-0.25, -0.2) is 8.42 Å². The molecule has 154 valence electrons. The van der Waals surface area contributed by atoms with Crippen LogP contribution in [0.3, 0.4) is 0 Å². The third kappa shape index (κ3) is 3.93. The number of sulfonamides is 1. The highest BCUT2D eigenvalue weighted by Crippen LogP contribution is 2.34. The Balaban J connectivity index is 1.59. The lowest BCUT2D eigenvalue weighted by molar-refractivity contribution is 0.102. The standard InChI is InChI=1S/C23H21ClN2O3S/c1-15-11-16(2)13-20(12-15)25-23(27)18-3-8-22-17(14-18)9-10-26(22)30(28,29)21-6-4-19(24)5-7-21/h3-8,11-14H,9-10H2,1-2H3,(H,25,27). The molecule has 4 rings (SSSR count). The summed E-state index contributed by atoms with van der Waals surface area (Å²) in [5, 5.41) is 3.40. The molecule has 0 unspecified atom stereocenters. The molecular weight excluding hydrogens is 420 g/mol. The van der Waals surface area contributed by atoms with Crippen molar-refractivity contribution >= 4 is 38.9 Å². The van der Waals surface area contributed by atoms with E-state index in [1.165, 1.54) is 16.4 Å². The van der Waals surface area contributed by atoms with E-state index >= 15 is 0 Å². The molecule has 0 saturated heterocycles. The number of hydrogen-bond acceptors (Lipinski definition) is 3. The number of anilines is 2. The number of carbonyl (C=O) groups is 1. The lowest BCUT2D eigenvalue weighted by Crippen LogP contribution is -2.29. The second-order valence-corrected chi connectivity index (χ2v) is 9.75. The average molecular weight is 441 g/mol. The number of rotatable bonds is 4. The Bertz CT molecular complexity index is 1220. The van der Waals surface area contributed by atoms with Gasteiger partial charge in [-0.1, -0.05) is 17.7 Å². The first-order valence-corrected chi connectivity index (χ1v) is 11.4. The van der Waals surface area contributed by atoms with Crippen LogP contribution in [0.1, 0.15) is 27.0 Å². The summed E-state index contributed by atoms with van der Waals surface area (Å²) in [6.07, 6.45) is 0.548. The van der Waals surface area contributed by atoms with Crippen LogP contribution < -0.4 is 9.62 Å². The van der Waals surface area contributed by atoms with E-state index in [2.05, 4.69) is 5.32 Å². The maximum Gasteiger partial charge on any atom is 0.264 e. The van der Waals surface area contributed by atoms with Crippen molar-refractivity contribution < 1.29 is 13.2 Å². The molecule has 1 amide bonds. The maximum atomic E-state index is 13.0. The van der Waals surface area contributed by atoms with Gasteiger partial charge in [0.25, 0.3) is 15.9 Å². The average Bonchev–Trinajstić information content (AvgIpc) is 3.11. The molecule has 1 heterocycles. The molecule has 1 N–H and O–H groups in total. The molecule has 0 saturated carbocycles. The number of nitrogens with zero attached hydrogens (tertiary/aromatic N) is 1. The molecule has 0 atom stereocenters. The molecule has 7 heteroatoms. The van der Waals surface area contributed by atoms with E-state index in [-0.39, 0.29) is 10.8 Å². The highest BCUT2D eigenvalue weighted by Gasteiger charge is 2.31. The number of hydrogen-bond donors (Lipinski definition) is 1. The fraction of sp³-hybridized carbons (Fsp3) is 0.174. The van der Waals surface area contributed by atoms with Crippen molar-refractivity contribution in [3.63, 3.8) is 0 Å². The summed E-state index contributed by atoms with van der Waals surface area (Å²) < 4.78 is 27.5. The van der Waals surface area contributed by atoms with Gasteiger partial charge in [0.05, 0.1) is 10.6 Å². The fourth-order valence-electron chi connectivity index (χ4n) is 3.75. The Kier molecular flexibility index (Phi) is 5.30. The van der Waals surface area contributed by atoms with Crippen molar-refractivity contribution in [1.29, 1.82) is 0 Å². The van der Waals surface area contributed by atoms with Crippen LogP contribution in [0.4, 0.5) is 11.4 Å². The van der Waals surface area contributed by atoms with Crippen molar-refractivity contribution in [2.75, 3.05) is 16.2 Å². The van der Waals surface area contributed by atoms with Gasteiger partial charge in [-0.2, -0.15) is 0 Å². The third-order valence-electron chi connectivity index (χ3n) is 5.08. The Hall–Kier alpha value is -2.83. The van der Waals surface area contributed by atoms with Crippen LogP contribution >= 0.6 is 11.6 Å². The normalized spacial score (nSPS) is 13.2. The van der Waals surface area contributed by atoms with Crippen molar-refractivity contribution in [1.82, 2.24) is 0 Å². The van der Waals surface area contributed by atoms with Crippen molar-refractivity contribution in [3.05, 3.63) is 87.9 Å². The smallest absolute Gasteiger partial charge is 0.264 e. The van der Waals surface area contributed by atoms with Crippen molar-refractivity contribution in [3.8, 4) is 0 Å². The highest BCUT2D eigenvalue weighted by molar-refractivity contribution is 7.92. The Morgan fingerprint density at radius 1 is 0.967 bits per heavy atom. The quantitative estimate of drug-likeness (QED) is 0.623. The van der Waals surface area contributed by atoms with E-state index in [1.807, 2.05) is 32.0 Å². The second-order valence-electron chi connectivity index (χ2n) is 7.46. The summed E-state index contributed by atoms with van der Waals surface area (Å²) in [6, 6.07) is 17.1. The SMILES string of the molecule is Cc1cc(C)cc(NC(=O)c2ccc3c(c2)CCN3S(=O)(=O)c2ccc(Cl)cc2)c1. The Morgan fingerprint density at radius 2 is 1.63 bits per heavy atom. The Morgan fingerprint density at radius 3 is 2.30 bits per heavy atom. The minimum atomic E-state index is -3.69. The molecule has 0 aromatic heterocycles. The third-order valence-corrected chi connectivity index (χ3v) is 7.16. The van der Waals surface area contributed by atoms with Gasteiger partial charge in [0.2, 0.25) is 0 Å². The molecule has 5 nitrogen and oxygen atoms in total. The minimum Gasteiger partial charge on any atom is -0.322 e. The molecule has 3 aromatic carbocycles. The number of aryl methyl sites for hydroxylation is 2. The first-order chi connectivity index (χ1) is 14.2. The minimum absolute atomic E-state index is 0.191. The van der Waals surface area contributed by atoms with E-state index in [1.54, 1.807) is 30.3 Å². The van der Waals surface area contributed by atoms with Gasteiger partial charge in [0.1, 0.15) is 0 Å². The van der Waals surface area contributed by atoms with Gasteiger partial charge in [0, 0.05) is 22.8 Å². The van der Waals surface area contributed by atoms with E-state index in [0.717, 1.165) is 22.4 Å². The monoisotopic (exact) mass is 440 g/mol. The predicted molar refractivity (Wildman–Crippen MR) is 120 cm³/mol. The molecule has 0 aliphatic carbocycles. The fourth-order valence-corrected chi connectivity index (χ4v) is 5.38. The molecular formula is C23H21ClN2O3S. The molecule has 0 bridgehead atoms. The number of fused-ring (bicyclic) bond motifs is 1.